The molecule has 1 saturated heterocycles. The molecular weight excluding hydrogens is 182 g/mol. The van der Waals surface area contributed by atoms with Gasteiger partial charge in [0.25, 0.3) is 0 Å². The van der Waals surface area contributed by atoms with Crippen LogP contribution in [0.5, 0.6) is 0 Å². The van der Waals surface area contributed by atoms with Crippen LogP contribution in [0.25, 0.3) is 0 Å². The fraction of sp³-hybridized carbons (Fsp3) is 0.571. The fourth-order valence-corrected chi connectivity index (χ4v) is 3.46. The van der Waals surface area contributed by atoms with Crippen molar-refractivity contribution in [2.45, 2.75) is 43.6 Å². The summed E-state index contributed by atoms with van der Waals surface area (Å²) in [4.78, 5) is 0. The topological polar surface area (TPSA) is 12.0 Å². The smallest absolute Gasteiger partial charge is 0.00758 e. The lowest BCUT2D eigenvalue weighted by Crippen LogP contribution is -2.26. The molecule has 2 bridgehead atoms. The second-order valence-electron chi connectivity index (χ2n) is 5.14. The Hall–Kier alpha value is -0.820. The van der Waals surface area contributed by atoms with Crippen molar-refractivity contribution in [1.29, 1.82) is 0 Å². The monoisotopic (exact) mass is 201 g/mol. The van der Waals surface area contributed by atoms with Crippen LogP contribution in [-0.2, 0) is 5.41 Å². The van der Waals surface area contributed by atoms with Gasteiger partial charge in [-0.05, 0) is 49.6 Å². The maximum atomic E-state index is 3.67. The van der Waals surface area contributed by atoms with Gasteiger partial charge < -0.3 is 5.32 Å². The van der Waals surface area contributed by atoms with Gasteiger partial charge in [0.1, 0.15) is 0 Å². The van der Waals surface area contributed by atoms with E-state index in [-0.39, 0.29) is 0 Å². The van der Waals surface area contributed by atoms with Gasteiger partial charge in [0.2, 0.25) is 0 Å². The van der Waals surface area contributed by atoms with Crippen molar-refractivity contribution < 1.29 is 0 Å². The molecule has 2 aliphatic rings. The summed E-state index contributed by atoms with van der Waals surface area (Å²) in [6.45, 7) is 1.22. The van der Waals surface area contributed by atoms with Gasteiger partial charge >= 0.3 is 0 Å². The maximum absolute atomic E-state index is 3.67. The lowest BCUT2D eigenvalue weighted by molar-refractivity contribution is 0.406. The van der Waals surface area contributed by atoms with E-state index in [9.17, 15) is 0 Å². The summed E-state index contributed by atoms with van der Waals surface area (Å²) >= 11 is 0. The molecule has 1 aliphatic heterocycles. The van der Waals surface area contributed by atoms with Crippen LogP contribution in [0, 0.1) is 0 Å². The van der Waals surface area contributed by atoms with E-state index in [1.54, 1.807) is 5.56 Å². The molecule has 1 nitrogen and oxygen atoms in total. The Bertz CT molecular complexity index is 332. The third-order valence-electron chi connectivity index (χ3n) is 4.26. The molecule has 0 radical (unpaired) electrons. The quantitative estimate of drug-likeness (QED) is 0.736. The van der Waals surface area contributed by atoms with Crippen LogP contribution in [0.15, 0.2) is 30.3 Å². The number of rotatable bonds is 1. The van der Waals surface area contributed by atoms with Gasteiger partial charge in [0, 0.05) is 6.04 Å². The molecular formula is C14H19N. The molecule has 3 rings (SSSR count). The summed E-state index contributed by atoms with van der Waals surface area (Å²) in [6.07, 6.45) is 6.83. The highest BCUT2D eigenvalue weighted by molar-refractivity contribution is 5.28. The van der Waals surface area contributed by atoms with Crippen molar-refractivity contribution in [2.75, 3.05) is 6.54 Å². The van der Waals surface area contributed by atoms with Crippen molar-refractivity contribution >= 4 is 0 Å². The molecule has 1 aromatic rings. The average molecular weight is 201 g/mol. The molecule has 1 saturated carbocycles. The zero-order valence-electron chi connectivity index (χ0n) is 9.21. The lowest BCUT2D eigenvalue weighted by Gasteiger charge is -2.28. The molecule has 1 heteroatoms. The Kier molecular flexibility index (Phi) is 2.28. The molecule has 1 heterocycles. The summed E-state index contributed by atoms with van der Waals surface area (Å²) in [5.74, 6) is 0. The van der Waals surface area contributed by atoms with Gasteiger partial charge in [-0.15, -0.1) is 0 Å². The minimum absolute atomic E-state index is 0.509. The summed E-state index contributed by atoms with van der Waals surface area (Å²) in [7, 11) is 0. The van der Waals surface area contributed by atoms with Crippen molar-refractivity contribution in [3.8, 4) is 0 Å². The predicted molar refractivity (Wildman–Crippen MR) is 63.0 cm³/mol. The predicted octanol–water partition coefficient (Wildman–Crippen LogP) is 2.86. The van der Waals surface area contributed by atoms with Crippen LogP contribution >= 0.6 is 0 Å². The maximum Gasteiger partial charge on any atom is 0.00758 e. The lowest BCUT2D eigenvalue weighted by atomic mass is 9.75. The Morgan fingerprint density at radius 2 is 2.00 bits per heavy atom. The number of nitrogens with one attached hydrogen (secondary N) is 1. The van der Waals surface area contributed by atoms with Gasteiger partial charge in [0.15, 0.2) is 0 Å². The van der Waals surface area contributed by atoms with E-state index in [1.165, 1.54) is 38.6 Å². The van der Waals surface area contributed by atoms with E-state index >= 15 is 0 Å². The van der Waals surface area contributed by atoms with E-state index in [1.807, 2.05) is 0 Å². The highest BCUT2D eigenvalue weighted by Crippen LogP contribution is 2.45. The van der Waals surface area contributed by atoms with E-state index in [0.29, 0.717) is 5.41 Å². The Labute approximate surface area is 91.9 Å². The van der Waals surface area contributed by atoms with E-state index in [0.717, 1.165) is 6.04 Å². The zero-order valence-corrected chi connectivity index (χ0v) is 9.21. The molecule has 1 N–H and O–H groups in total. The first kappa shape index (κ1) is 9.41. The molecule has 80 valence electrons. The van der Waals surface area contributed by atoms with Crippen LogP contribution in [0.1, 0.15) is 37.7 Å². The summed E-state index contributed by atoms with van der Waals surface area (Å²) in [5.41, 5.74) is 2.09. The number of fused-ring (bicyclic) bond motifs is 2. The Balaban J connectivity index is 1.95. The van der Waals surface area contributed by atoms with Gasteiger partial charge in [0.05, 0.1) is 0 Å². The zero-order chi connectivity index (χ0) is 10.1. The van der Waals surface area contributed by atoms with Crippen molar-refractivity contribution in [3.63, 3.8) is 0 Å². The van der Waals surface area contributed by atoms with E-state index < -0.39 is 0 Å². The first-order chi connectivity index (χ1) is 7.39. The number of hydrogen-bond donors (Lipinski definition) is 1. The van der Waals surface area contributed by atoms with E-state index in [2.05, 4.69) is 35.6 Å². The molecule has 2 unspecified atom stereocenters. The Morgan fingerprint density at radius 1 is 1.13 bits per heavy atom. The largest absolute Gasteiger partial charge is 0.314 e. The number of hydrogen-bond acceptors (Lipinski definition) is 1. The minimum atomic E-state index is 0.509. The van der Waals surface area contributed by atoms with Crippen LogP contribution in [0.4, 0.5) is 0 Å². The second kappa shape index (κ2) is 3.64. The minimum Gasteiger partial charge on any atom is -0.314 e. The summed E-state index contributed by atoms with van der Waals surface area (Å²) in [6, 6.07) is 11.9. The number of benzene rings is 1. The summed E-state index contributed by atoms with van der Waals surface area (Å²) in [5, 5.41) is 3.67. The second-order valence-corrected chi connectivity index (χ2v) is 5.14. The molecule has 0 aromatic heterocycles. The molecule has 0 spiro atoms. The van der Waals surface area contributed by atoms with Crippen molar-refractivity contribution in [2.24, 2.45) is 0 Å². The third kappa shape index (κ3) is 1.59. The van der Waals surface area contributed by atoms with Crippen LogP contribution in [0.3, 0.4) is 0 Å². The van der Waals surface area contributed by atoms with Gasteiger partial charge in [-0.2, -0.15) is 0 Å². The highest BCUT2D eigenvalue weighted by Gasteiger charge is 2.41. The van der Waals surface area contributed by atoms with Gasteiger partial charge in [-0.3, -0.25) is 0 Å². The van der Waals surface area contributed by atoms with Gasteiger partial charge in [-0.1, -0.05) is 30.3 Å². The molecule has 1 aliphatic carbocycles. The third-order valence-corrected chi connectivity index (χ3v) is 4.26. The van der Waals surface area contributed by atoms with Crippen molar-refractivity contribution in [1.82, 2.24) is 5.32 Å². The SMILES string of the molecule is c1ccc(C23CCCNC(CC2)C3)cc1. The molecule has 1 aromatic carbocycles. The Morgan fingerprint density at radius 3 is 2.87 bits per heavy atom. The van der Waals surface area contributed by atoms with Crippen LogP contribution in [0.2, 0.25) is 0 Å². The van der Waals surface area contributed by atoms with Crippen LogP contribution in [-0.4, -0.2) is 12.6 Å². The van der Waals surface area contributed by atoms with Crippen LogP contribution < -0.4 is 5.32 Å². The first-order valence-electron chi connectivity index (χ1n) is 6.18. The summed E-state index contributed by atoms with van der Waals surface area (Å²) < 4.78 is 0. The first-order valence-corrected chi connectivity index (χ1v) is 6.18. The van der Waals surface area contributed by atoms with Gasteiger partial charge in [-0.25, -0.2) is 0 Å². The fourth-order valence-electron chi connectivity index (χ4n) is 3.46. The molecule has 2 atom stereocenters. The molecule has 0 amide bonds. The van der Waals surface area contributed by atoms with Crippen molar-refractivity contribution in [3.05, 3.63) is 35.9 Å². The highest BCUT2D eigenvalue weighted by atomic mass is 14.9. The molecule has 15 heavy (non-hydrogen) atoms. The van der Waals surface area contributed by atoms with E-state index in [4.69, 9.17) is 0 Å². The standard InChI is InChI=1S/C14H19N/c1-2-5-12(6-3-1)14-8-4-10-15-13(11-14)7-9-14/h1-3,5-6,13,15H,4,7-11H2. The molecule has 2 fully saturated rings. The average Bonchev–Trinajstić information content (AvgIpc) is 2.56. The normalized spacial score (nSPS) is 35.1.